The summed E-state index contributed by atoms with van der Waals surface area (Å²) in [5.74, 6) is -0.387. The molecule has 0 fully saturated rings. The van der Waals surface area contributed by atoms with Crippen molar-refractivity contribution in [1.29, 1.82) is 0 Å². The maximum atomic E-state index is 13.0. The number of amides is 4. The van der Waals surface area contributed by atoms with E-state index in [0.717, 1.165) is 12.1 Å². The van der Waals surface area contributed by atoms with Crippen LogP contribution in [0.4, 0.5) is 4.79 Å². The minimum Gasteiger partial charge on any atom is -0.353 e. The van der Waals surface area contributed by atoms with Gasteiger partial charge in [-0.3, -0.25) is 14.5 Å². The Bertz CT molecular complexity index is 759. The number of thiophene rings is 1. The molecule has 0 saturated carbocycles. The number of likely N-dealkylation sites (N-methyl/N-ethyl adjacent to an activating group) is 2. The molecule has 0 radical (unpaired) electrons. The van der Waals surface area contributed by atoms with Crippen molar-refractivity contribution in [2.24, 2.45) is 0 Å². The first kappa shape index (κ1) is 19.4. The average molecular weight is 391 g/mol. The monoisotopic (exact) mass is 391 g/mol. The fraction of sp³-hybridized carbons (Fsp3) is 0.500. The highest BCUT2D eigenvalue weighted by Gasteiger charge is 2.44. The van der Waals surface area contributed by atoms with E-state index < -0.39 is 6.04 Å². The number of carbonyl (C=O) groups is 3. The summed E-state index contributed by atoms with van der Waals surface area (Å²) in [4.78, 5) is 42.8. The number of hydrogen-bond donors (Lipinski definition) is 2. The molecule has 8 nitrogen and oxygen atoms in total. The fourth-order valence-electron chi connectivity index (χ4n) is 3.35. The zero-order valence-corrected chi connectivity index (χ0v) is 16.6. The molecule has 0 spiro atoms. The molecule has 146 valence electrons. The summed E-state index contributed by atoms with van der Waals surface area (Å²) in [6, 6.07) is 1.24. The van der Waals surface area contributed by atoms with Gasteiger partial charge in [-0.15, -0.1) is 0 Å². The van der Waals surface area contributed by atoms with Crippen molar-refractivity contribution in [2.75, 3.05) is 46.8 Å². The van der Waals surface area contributed by atoms with E-state index in [1.165, 1.54) is 16.2 Å². The van der Waals surface area contributed by atoms with Crippen LogP contribution in [0.25, 0.3) is 0 Å². The summed E-state index contributed by atoms with van der Waals surface area (Å²) in [5.41, 5.74) is 2.15. The third-order valence-corrected chi connectivity index (χ3v) is 5.41. The molecule has 4 amide bonds. The molecular weight excluding hydrogens is 366 g/mol. The lowest BCUT2D eigenvalue weighted by Gasteiger charge is -2.32. The van der Waals surface area contributed by atoms with Crippen LogP contribution in [-0.4, -0.2) is 79.4 Å². The molecule has 9 heteroatoms. The first-order valence-corrected chi connectivity index (χ1v) is 9.90. The second-order valence-corrected chi connectivity index (χ2v) is 7.64. The lowest BCUT2D eigenvalue weighted by molar-refractivity contribution is -0.131. The SMILES string of the molecule is CCN1C(=O)NC(c2ccsc2)C2=C1CN(CC(=O)NCCN(C)C)C2=O. The topological polar surface area (TPSA) is 85.0 Å². The van der Waals surface area contributed by atoms with Gasteiger partial charge in [-0.1, -0.05) is 0 Å². The molecular formula is C18H25N5O3S. The van der Waals surface area contributed by atoms with E-state index in [1.807, 2.05) is 42.7 Å². The lowest BCUT2D eigenvalue weighted by Crippen LogP contribution is -2.47. The van der Waals surface area contributed by atoms with Crippen molar-refractivity contribution in [3.63, 3.8) is 0 Å². The third kappa shape index (κ3) is 3.98. The minimum absolute atomic E-state index is 0.0125. The van der Waals surface area contributed by atoms with Crippen LogP contribution in [0.2, 0.25) is 0 Å². The molecule has 27 heavy (non-hydrogen) atoms. The largest absolute Gasteiger partial charge is 0.353 e. The molecule has 3 heterocycles. The number of nitrogens with zero attached hydrogens (tertiary/aromatic N) is 3. The van der Waals surface area contributed by atoms with Crippen molar-refractivity contribution in [2.45, 2.75) is 13.0 Å². The fourth-order valence-corrected chi connectivity index (χ4v) is 4.03. The van der Waals surface area contributed by atoms with Gasteiger partial charge < -0.3 is 20.4 Å². The highest BCUT2D eigenvalue weighted by atomic mass is 32.1. The van der Waals surface area contributed by atoms with Gasteiger partial charge >= 0.3 is 6.03 Å². The molecule has 1 aromatic rings. The Labute approximate surface area is 162 Å². The Kier molecular flexibility index (Phi) is 5.81. The summed E-state index contributed by atoms with van der Waals surface area (Å²) in [6.45, 7) is 3.86. The standard InChI is InChI=1S/C18H25N5O3S/c1-4-23-13-9-22(10-14(24)19-6-7-21(2)3)17(25)15(13)16(20-18(23)26)12-5-8-27-11-12/h5,8,11,16H,4,6-7,9-10H2,1-3H3,(H,19,24)(H,20,26). The number of urea groups is 1. The predicted octanol–water partition coefficient (Wildman–Crippen LogP) is 0.608. The maximum absolute atomic E-state index is 13.0. The normalized spacial score (nSPS) is 19.6. The number of nitrogens with one attached hydrogen (secondary N) is 2. The van der Waals surface area contributed by atoms with E-state index in [9.17, 15) is 14.4 Å². The highest BCUT2D eigenvalue weighted by molar-refractivity contribution is 7.08. The Morgan fingerprint density at radius 2 is 2.19 bits per heavy atom. The van der Waals surface area contributed by atoms with Crippen molar-refractivity contribution >= 4 is 29.2 Å². The van der Waals surface area contributed by atoms with Gasteiger partial charge in [0.25, 0.3) is 5.91 Å². The predicted molar refractivity (Wildman–Crippen MR) is 103 cm³/mol. The summed E-state index contributed by atoms with van der Waals surface area (Å²) in [7, 11) is 3.87. The van der Waals surface area contributed by atoms with Crippen LogP contribution in [0.1, 0.15) is 18.5 Å². The molecule has 0 aromatic carbocycles. The van der Waals surface area contributed by atoms with Gasteiger partial charge in [-0.05, 0) is 43.4 Å². The third-order valence-electron chi connectivity index (χ3n) is 4.71. The van der Waals surface area contributed by atoms with Crippen LogP contribution in [0.15, 0.2) is 28.1 Å². The molecule has 2 N–H and O–H groups in total. The van der Waals surface area contributed by atoms with Crippen molar-refractivity contribution in [3.8, 4) is 0 Å². The van der Waals surface area contributed by atoms with Gasteiger partial charge in [0.05, 0.1) is 23.9 Å². The first-order chi connectivity index (χ1) is 12.9. The van der Waals surface area contributed by atoms with Crippen LogP contribution >= 0.6 is 11.3 Å². The van der Waals surface area contributed by atoms with Gasteiger partial charge in [0.15, 0.2) is 0 Å². The zero-order chi connectivity index (χ0) is 19.6. The summed E-state index contributed by atoms with van der Waals surface area (Å²) < 4.78 is 0. The number of hydrogen-bond acceptors (Lipinski definition) is 5. The highest BCUT2D eigenvalue weighted by Crippen LogP contribution is 2.36. The van der Waals surface area contributed by atoms with Gasteiger partial charge in [-0.25, -0.2) is 4.79 Å². The lowest BCUT2D eigenvalue weighted by atomic mass is 9.98. The maximum Gasteiger partial charge on any atom is 0.322 e. The van der Waals surface area contributed by atoms with Gasteiger partial charge in [0.1, 0.15) is 6.54 Å². The van der Waals surface area contributed by atoms with Crippen molar-refractivity contribution in [3.05, 3.63) is 33.7 Å². The summed E-state index contributed by atoms with van der Waals surface area (Å²) >= 11 is 1.52. The van der Waals surface area contributed by atoms with E-state index in [4.69, 9.17) is 0 Å². The quantitative estimate of drug-likeness (QED) is 0.713. The first-order valence-electron chi connectivity index (χ1n) is 8.96. The molecule has 0 aliphatic carbocycles. The Hall–Kier alpha value is -2.39. The second kappa shape index (κ2) is 8.10. The molecule has 2 aliphatic rings. The molecule has 0 saturated heterocycles. The molecule has 1 atom stereocenters. The number of carbonyl (C=O) groups excluding carboxylic acids is 3. The van der Waals surface area contributed by atoms with E-state index in [2.05, 4.69) is 10.6 Å². The molecule has 2 aliphatic heterocycles. The van der Waals surface area contributed by atoms with Crippen LogP contribution in [-0.2, 0) is 9.59 Å². The molecule has 1 aromatic heterocycles. The van der Waals surface area contributed by atoms with Crippen LogP contribution in [0.3, 0.4) is 0 Å². The Morgan fingerprint density at radius 3 is 2.81 bits per heavy atom. The van der Waals surface area contributed by atoms with Crippen LogP contribution in [0.5, 0.6) is 0 Å². The van der Waals surface area contributed by atoms with Gasteiger partial charge in [0.2, 0.25) is 5.91 Å². The van der Waals surface area contributed by atoms with E-state index >= 15 is 0 Å². The molecule has 3 rings (SSSR count). The molecule has 1 unspecified atom stereocenters. The van der Waals surface area contributed by atoms with E-state index in [1.54, 1.807) is 4.90 Å². The minimum atomic E-state index is -0.462. The van der Waals surface area contributed by atoms with Crippen molar-refractivity contribution in [1.82, 2.24) is 25.3 Å². The van der Waals surface area contributed by atoms with Crippen molar-refractivity contribution < 1.29 is 14.4 Å². The van der Waals surface area contributed by atoms with E-state index in [-0.39, 0.29) is 30.9 Å². The zero-order valence-electron chi connectivity index (χ0n) is 15.8. The van der Waals surface area contributed by atoms with E-state index in [0.29, 0.717) is 24.4 Å². The van der Waals surface area contributed by atoms with Crippen LogP contribution < -0.4 is 10.6 Å². The average Bonchev–Trinajstić information content (AvgIpc) is 3.23. The second-order valence-electron chi connectivity index (χ2n) is 6.86. The number of rotatable bonds is 7. The summed E-state index contributed by atoms with van der Waals surface area (Å²) in [6.07, 6.45) is 0. The van der Waals surface area contributed by atoms with Gasteiger partial charge in [0, 0.05) is 19.6 Å². The van der Waals surface area contributed by atoms with Gasteiger partial charge in [-0.2, -0.15) is 11.3 Å². The summed E-state index contributed by atoms with van der Waals surface area (Å²) in [5, 5.41) is 9.60. The van der Waals surface area contributed by atoms with Crippen LogP contribution in [0, 0.1) is 0 Å². The molecule has 0 bridgehead atoms. The Balaban J connectivity index is 1.76. The Morgan fingerprint density at radius 1 is 1.41 bits per heavy atom. The smallest absolute Gasteiger partial charge is 0.322 e.